The van der Waals surface area contributed by atoms with E-state index >= 15 is 0 Å². The number of carbonyl (C=O) groups is 2. The minimum Gasteiger partial charge on any atom is -0.496 e. The van der Waals surface area contributed by atoms with Crippen molar-refractivity contribution in [3.05, 3.63) is 65.0 Å². The summed E-state index contributed by atoms with van der Waals surface area (Å²) >= 11 is 0. The lowest BCUT2D eigenvalue weighted by atomic mass is 10.0. The number of amides is 2. The quantitative estimate of drug-likeness (QED) is 0.753. The summed E-state index contributed by atoms with van der Waals surface area (Å²) in [5, 5.41) is 5.50. The van der Waals surface area contributed by atoms with E-state index < -0.39 is 23.6 Å². The van der Waals surface area contributed by atoms with Gasteiger partial charge in [0.15, 0.2) is 0 Å². The van der Waals surface area contributed by atoms with Crippen LogP contribution in [0.1, 0.15) is 55.2 Å². The zero-order valence-corrected chi connectivity index (χ0v) is 17.3. The van der Waals surface area contributed by atoms with Crippen LogP contribution in [0.2, 0.25) is 0 Å². The SMILES string of the molecule is COc1ccc(F)cc1C(C)NC(=O)c1ccccc1CNC(=O)OC(C)(C)C. The number of benzene rings is 2. The fourth-order valence-electron chi connectivity index (χ4n) is 2.77. The Bertz CT molecular complexity index is 877. The first-order valence-electron chi connectivity index (χ1n) is 9.30. The van der Waals surface area contributed by atoms with Gasteiger partial charge in [-0.1, -0.05) is 18.2 Å². The molecule has 0 saturated heterocycles. The van der Waals surface area contributed by atoms with E-state index in [1.165, 1.54) is 25.3 Å². The van der Waals surface area contributed by atoms with Crippen molar-refractivity contribution in [2.45, 2.75) is 45.9 Å². The number of carbonyl (C=O) groups excluding carboxylic acids is 2. The molecule has 0 radical (unpaired) electrons. The molecule has 7 heteroatoms. The molecule has 0 heterocycles. The molecule has 6 nitrogen and oxygen atoms in total. The van der Waals surface area contributed by atoms with Crippen molar-refractivity contribution in [2.75, 3.05) is 7.11 Å². The normalized spacial score (nSPS) is 12.1. The first kappa shape index (κ1) is 22.2. The van der Waals surface area contributed by atoms with Crippen LogP contribution in [0, 0.1) is 5.82 Å². The molecule has 2 amide bonds. The molecule has 0 aliphatic heterocycles. The standard InChI is InChI=1S/C22H27FN2O4/c1-14(18-12-16(23)10-11-19(18)28-5)25-20(26)17-9-7-6-8-15(17)13-24-21(27)29-22(2,3)4/h6-12,14H,13H2,1-5H3,(H,24,27)(H,25,26). The van der Waals surface area contributed by atoms with Crippen molar-refractivity contribution in [1.82, 2.24) is 10.6 Å². The van der Waals surface area contributed by atoms with E-state index in [0.717, 1.165) is 0 Å². The Morgan fingerprint density at radius 2 is 1.83 bits per heavy atom. The molecule has 2 rings (SSSR count). The Kier molecular flexibility index (Phi) is 7.20. The summed E-state index contributed by atoms with van der Waals surface area (Å²) in [4.78, 5) is 24.7. The summed E-state index contributed by atoms with van der Waals surface area (Å²) in [6.07, 6.45) is -0.564. The van der Waals surface area contributed by atoms with Crippen LogP contribution in [0.5, 0.6) is 5.75 Å². The summed E-state index contributed by atoms with van der Waals surface area (Å²) in [5.74, 6) is -0.270. The molecule has 0 fully saturated rings. The Morgan fingerprint density at radius 3 is 2.48 bits per heavy atom. The third-order valence-electron chi connectivity index (χ3n) is 4.09. The predicted molar refractivity (Wildman–Crippen MR) is 108 cm³/mol. The number of hydrogen-bond acceptors (Lipinski definition) is 4. The van der Waals surface area contributed by atoms with Crippen LogP contribution in [-0.4, -0.2) is 24.7 Å². The number of methoxy groups -OCH3 is 1. The van der Waals surface area contributed by atoms with Crippen molar-refractivity contribution in [3.8, 4) is 5.75 Å². The summed E-state index contributed by atoms with van der Waals surface area (Å²) in [5.41, 5.74) is 0.964. The third kappa shape index (κ3) is 6.48. The van der Waals surface area contributed by atoms with Crippen LogP contribution in [0.3, 0.4) is 0 Å². The van der Waals surface area contributed by atoms with Gasteiger partial charge in [0, 0.05) is 17.7 Å². The number of nitrogens with one attached hydrogen (secondary N) is 2. The van der Waals surface area contributed by atoms with Gasteiger partial charge in [-0.2, -0.15) is 0 Å². The molecule has 1 atom stereocenters. The van der Waals surface area contributed by atoms with Gasteiger partial charge in [0.25, 0.3) is 5.91 Å². The molecule has 1 unspecified atom stereocenters. The van der Waals surface area contributed by atoms with E-state index in [1.807, 2.05) is 0 Å². The van der Waals surface area contributed by atoms with Crippen LogP contribution in [-0.2, 0) is 11.3 Å². The zero-order valence-electron chi connectivity index (χ0n) is 17.3. The van der Waals surface area contributed by atoms with Gasteiger partial charge in [-0.15, -0.1) is 0 Å². The Labute approximate surface area is 170 Å². The Hall–Kier alpha value is -3.09. The minimum atomic E-state index is -0.611. The van der Waals surface area contributed by atoms with Crippen LogP contribution in [0.25, 0.3) is 0 Å². The van der Waals surface area contributed by atoms with Gasteiger partial charge >= 0.3 is 6.09 Å². The van der Waals surface area contributed by atoms with Crippen molar-refractivity contribution >= 4 is 12.0 Å². The lowest BCUT2D eigenvalue weighted by molar-refractivity contribution is 0.0522. The van der Waals surface area contributed by atoms with E-state index in [9.17, 15) is 14.0 Å². The second-order valence-electron chi connectivity index (χ2n) is 7.59. The van der Waals surface area contributed by atoms with Crippen molar-refractivity contribution in [2.24, 2.45) is 0 Å². The molecule has 0 aliphatic carbocycles. The average molecular weight is 402 g/mol. The highest BCUT2D eigenvalue weighted by molar-refractivity contribution is 5.96. The molecular weight excluding hydrogens is 375 g/mol. The minimum absolute atomic E-state index is 0.135. The highest BCUT2D eigenvalue weighted by Gasteiger charge is 2.19. The van der Waals surface area contributed by atoms with Gasteiger partial charge in [-0.05, 0) is 57.5 Å². The van der Waals surface area contributed by atoms with Crippen LogP contribution >= 0.6 is 0 Å². The highest BCUT2D eigenvalue weighted by atomic mass is 19.1. The molecule has 156 valence electrons. The van der Waals surface area contributed by atoms with Gasteiger partial charge in [-0.3, -0.25) is 4.79 Å². The summed E-state index contributed by atoms with van der Waals surface area (Å²) in [6.45, 7) is 7.20. The average Bonchev–Trinajstić information content (AvgIpc) is 2.65. The van der Waals surface area contributed by atoms with Crippen LogP contribution in [0.15, 0.2) is 42.5 Å². The van der Waals surface area contributed by atoms with Gasteiger partial charge in [0.1, 0.15) is 17.2 Å². The third-order valence-corrected chi connectivity index (χ3v) is 4.09. The zero-order chi connectivity index (χ0) is 21.6. The molecular formula is C22H27FN2O4. The maximum Gasteiger partial charge on any atom is 0.407 e. The summed E-state index contributed by atoms with van der Waals surface area (Å²) in [6, 6.07) is 10.6. The first-order valence-corrected chi connectivity index (χ1v) is 9.30. The summed E-state index contributed by atoms with van der Waals surface area (Å²) < 4.78 is 24.1. The number of alkyl carbamates (subject to hydrolysis) is 1. The lowest BCUT2D eigenvalue weighted by Crippen LogP contribution is -2.33. The number of rotatable bonds is 6. The maximum absolute atomic E-state index is 13.6. The van der Waals surface area contributed by atoms with E-state index in [2.05, 4.69) is 10.6 Å². The van der Waals surface area contributed by atoms with Crippen LogP contribution in [0.4, 0.5) is 9.18 Å². The van der Waals surface area contributed by atoms with E-state index in [1.54, 1.807) is 52.0 Å². The monoisotopic (exact) mass is 402 g/mol. The van der Waals surface area contributed by atoms with Gasteiger partial charge in [0.2, 0.25) is 0 Å². The molecule has 0 aromatic heterocycles. The summed E-state index contributed by atoms with van der Waals surface area (Å²) in [7, 11) is 1.49. The van der Waals surface area contributed by atoms with Crippen molar-refractivity contribution < 1.29 is 23.5 Å². The number of halogens is 1. The molecule has 0 aliphatic rings. The molecule has 0 spiro atoms. The molecule has 29 heavy (non-hydrogen) atoms. The molecule has 0 bridgehead atoms. The van der Waals surface area contributed by atoms with E-state index in [-0.39, 0.29) is 12.5 Å². The fraction of sp³-hybridized carbons (Fsp3) is 0.364. The molecule has 2 aromatic rings. The number of hydrogen-bond donors (Lipinski definition) is 2. The Balaban J connectivity index is 2.12. The largest absolute Gasteiger partial charge is 0.496 e. The Morgan fingerprint density at radius 1 is 1.14 bits per heavy atom. The topological polar surface area (TPSA) is 76.7 Å². The number of ether oxygens (including phenoxy) is 2. The first-order chi connectivity index (χ1) is 13.6. The maximum atomic E-state index is 13.6. The van der Waals surface area contributed by atoms with Gasteiger partial charge in [0.05, 0.1) is 13.2 Å². The van der Waals surface area contributed by atoms with E-state index in [0.29, 0.717) is 22.4 Å². The van der Waals surface area contributed by atoms with Crippen molar-refractivity contribution in [1.29, 1.82) is 0 Å². The van der Waals surface area contributed by atoms with E-state index in [4.69, 9.17) is 9.47 Å². The predicted octanol–water partition coefficient (Wildman–Crippen LogP) is 4.35. The second-order valence-corrected chi connectivity index (χ2v) is 7.59. The lowest BCUT2D eigenvalue weighted by Gasteiger charge is -2.20. The van der Waals surface area contributed by atoms with Crippen molar-refractivity contribution in [3.63, 3.8) is 0 Å². The second kappa shape index (κ2) is 9.41. The highest BCUT2D eigenvalue weighted by Crippen LogP contribution is 2.26. The van der Waals surface area contributed by atoms with Gasteiger partial charge in [-0.25, -0.2) is 9.18 Å². The smallest absolute Gasteiger partial charge is 0.407 e. The molecule has 2 aromatic carbocycles. The fourth-order valence-corrected chi connectivity index (χ4v) is 2.77. The molecule has 2 N–H and O–H groups in total. The van der Waals surface area contributed by atoms with Crippen LogP contribution < -0.4 is 15.4 Å². The molecule has 0 saturated carbocycles. The van der Waals surface area contributed by atoms with Gasteiger partial charge < -0.3 is 20.1 Å².